The summed E-state index contributed by atoms with van der Waals surface area (Å²) in [5.41, 5.74) is 0. The van der Waals surface area contributed by atoms with Crippen LogP contribution in [0.25, 0.3) is 0 Å². The van der Waals surface area contributed by atoms with Gasteiger partial charge in [-0.1, -0.05) is 0 Å². The number of hydrogen-bond donors (Lipinski definition) is 0. The normalized spacial score (nSPS) is 9.57. The van der Waals surface area contributed by atoms with Gasteiger partial charge in [0.05, 0.1) is 11.9 Å². The van der Waals surface area contributed by atoms with Gasteiger partial charge in [0.15, 0.2) is 0 Å². The van der Waals surface area contributed by atoms with E-state index >= 15 is 0 Å². The SMILES string of the molecule is O=C([O-])C=CC(=O)[O-].O=S(=O)([O-])[O-].[Pb+4]. The first kappa shape index (κ1) is 19.1. The molecule has 14 heavy (non-hydrogen) atoms. The van der Waals surface area contributed by atoms with Crippen LogP contribution in [0, 0.1) is 0 Å². The summed E-state index contributed by atoms with van der Waals surface area (Å²) in [5, 5.41) is 18.8. The zero-order chi connectivity index (χ0) is 11.1. The van der Waals surface area contributed by atoms with Crippen molar-refractivity contribution < 1.29 is 37.3 Å². The monoisotopic (exact) mass is 418 g/mol. The van der Waals surface area contributed by atoms with E-state index in [4.69, 9.17) is 17.5 Å². The molecular weight excluding hydrogens is 415 g/mol. The molecule has 76 valence electrons. The van der Waals surface area contributed by atoms with Crippen LogP contribution in [0.2, 0.25) is 0 Å². The summed E-state index contributed by atoms with van der Waals surface area (Å²) in [5.74, 6) is -3.09. The summed E-state index contributed by atoms with van der Waals surface area (Å²) in [4.78, 5) is 18.8. The molecule has 0 fully saturated rings. The fourth-order valence-electron chi connectivity index (χ4n) is 0.136. The van der Waals surface area contributed by atoms with Crippen LogP contribution in [-0.4, -0.2) is 56.8 Å². The molecule has 0 saturated carbocycles. The average Bonchev–Trinajstić information content (AvgIpc) is 1.79. The van der Waals surface area contributed by atoms with Gasteiger partial charge in [-0.3, -0.25) is 8.42 Å². The zero-order valence-electron chi connectivity index (χ0n) is 6.33. The molecule has 0 spiro atoms. The second kappa shape index (κ2) is 9.04. The molecule has 0 N–H and O–H groups in total. The summed E-state index contributed by atoms with van der Waals surface area (Å²) < 4.78 is 34.1. The molecule has 0 bridgehead atoms. The second-order valence-electron chi connectivity index (χ2n) is 1.38. The third-order valence-corrected chi connectivity index (χ3v) is 0.355. The van der Waals surface area contributed by atoms with Crippen molar-refractivity contribution in [3.8, 4) is 0 Å². The molecule has 0 heterocycles. The largest absolute Gasteiger partial charge is 4.00 e. The van der Waals surface area contributed by atoms with Crippen LogP contribution in [0.4, 0.5) is 0 Å². The maximum atomic E-state index is 9.41. The number of carbonyl (C=O) groups is 2. The van der Waals surface area contributed by atoms with Gasteiger partial charge in [0, 0.05) is 10.4 Å². The van der Waals surface area contributed by atoms with Gasteiger partial charge in [0.1, 0.15) is 0 Å². The van der Waals surface area contributed by atoms with E-state index in [2.05, 4.69) is 0 Å². The van der Waals surface area contributed by atoms with Gasteiger partial charge in [0.2, 0.25) is 0 Å². The molecule has 0 amide bonds. The van der Waals surface area contributed by atoms with Crippen LogP contribution in [0.3, 0.4) is 0 Å². The molecule has 0 radical (unpaired) electrons. The Morgan fingerprint density at radius 1 is 0.929 bits per heavy atom. The number of aliphatic carboxylic acids is 2. The van der Waals surface area contributed by atoms with Crippen LogP contribution in [0.5, 0.6) is 0 Å². The Balaban J connectivity index is -0.000000177. The molecule has 0 saturated heterocycles. The van der Waals surface area contributed by atoms with Gasteiger partial charge in [-0.2, -0.15) is 0 Å². The zero-order valence-corrected chi connectivity index (χ0v) is 11.0. The van der Waals surface area contributed by atoms with E-state index in [-0.39, 0.29) is 27.3 Å². The maximum absolute atomic E-state index is 9.41. The fraction of sp³-hybridized carbons (Fsp3) is 0. The van der Waals surface area contributed by atoms with E-state index in [0.29, 0.717) is 12.2 Å². The molecule has 0 aliphatic heterocycles. The van der Waals surface area contributed by atoms with Crippen LogP contribution in [0.15, 0.2) is 12.2 Å². The Morgan fingerprint density at radius 3 is 1.14 bits per heavy atom. The molecular formula is C4H2O8PbS. The van der Waals surface area contributed by atoms with Crippen molar-refractivity contribution in [3.05, 3.63) is 12.2 Å². The average molecular weight is 417 g/mol. The third kappa shape index (κ3) is 62.9. The quantitative estimate of drug-likeness (QED) is 0.187. The van der Waals surface area contributed by atoms with Crippen LogP contribution in [0.1, 0.15) is 0 Å². The molecule has 0 aromatic heterocycles. The van der Waals surface area contributed by atoms with Crippen molar-refractivity contribution in [3.63, 3.8) is 0 Å². The van der Waals surface area contributed by atoms with E-state index in [1.807, 2.05) is 0 Å². The second-order valence-corrected chi connectivity index (χ2v) is 2.20. The van der Waals surface area contributed by atoms with Crippen molar-refractivity contribution >= 4 is 49.6 Å². The minimum Gasteiger partial charge on any atom is -0.759 e. The molecule has 0 aliphatic carbocycles. The topological polar surface area (TPSA) is 161 Å². The first-order valence-corrected chi connectivity index (χ1v) is 3.73. The van der Waals surface area contributed by atoms with Crippen LogP contribution < -0.4 is 10.2 Å². The van der Waals surface area contributed by atoms with Crippen molar-refractivity contribution in [2.45, 2.75) is 0 Å². The van der Waals surface area contributed by atoms with Gasteiger partial charge in [-0.15, -0.1) is 0 Å². The minimum absolute atomic E-state index is 0. The first-order valence-electron chi connectivity index (χ1n) is 2.39. The molecule has 0 aromatic carbocycles. The van der Waals surface area contributed by atoms with E-state index in [0.717, 1.165) is 0 Å². The Bertz CT molecular complexity index is 279. The van der Waals surface area contributed by atoms with Gasteiger partial charge >= 0.3 is 27.3 Å². The van der Waals surface area contributed by atoms with E-state index in [1.165, 1.54) is 0 Å². The van der Waals surface area contributed by atoms with Crippen LogP contribution in [-0.2, 0) is 20.0 Å². The molecule has 0 rings (SSSR count). The smallest absolute Gasteiger partial charge is 0.759 e. The number of carboxylic acid groups (broad SMARTS) is 2. The van der Waals surface area contributed by atoms with Gasteiger partial charge in [-0.05, 0) is 12.2 Å². The van der Waals surface area contributed by atoms with Crippen molar-refractivity contribution in [2.24, 2.45) is 0 Å². The molecule has 0 unspecified atom stereocenters. The Labute approximate surface area is 99.0 Å². The van der Waals surface area contributed by atoms with E-state index in [9.17, 15) is 19.8 Å². The number of carbonyl (C=O) groups excluding carboxylic acids is 2. The maximum Gasteiger partial charge on any atom is 4.00 e. The summed E-state index contributed by atoms with van der Waals surface area (Å²) in [7, 11) is -5.17. The molecule has 0 aliphatic rings. The van der Waals surface area contributed by atoms with Crippen molar-refractivity contribution in [1.29, 1.82) is 0 Å². The van der Waals surface area contributed by atoms with Crippen molar-refractivity contribution in [2.75, 3.05) is 0 Å². The summed E-state index contributed by atoms with van der Waals surface area (Å²) >= 11 is 0. The summed E-state index contributed by atoms with van der Waals surface area (Å²) in [6, 6.07) is 0. The standard InChI is InChI=1S/C4H4O4.H2O4S.Pb/c5-3(6)1-2-4(7)8;1-5(2,3)4;/h1-2H,(H,5,6)(H,7,8);(H2,1,2,3,4);/q;;+4/p-4. The molecule has 10 heteroatoms. The summed E-state index contributed by atoms with van der Waals surface area (Å²) in [6.45, 7) is 0. The fourth-order valence-corrected chi connectivity index (χ4v) is 0.136. The Morgan fingerprint density at radius 2 is 1.07 bits per heavy atom. The predicted molar refractivity (Wildman–Crippen MR) is 35.4 cm³/mol. The number of rotatable bonds is 2. The third-order valence-electron chi connectivity index (χ3n) is 0.355. The summed E-state index contributed by atoms with van der Waals surface area (Å²) in [6.07, 6.45) is 0.769. The van der Waals surface area contributed by atoms with Gasteiger partial charge in [-0.25, -0.2) is 0 Å². The van der Waals surface area contributed by atoms with E-state index < -0.39 is 22.3 Å². The number of hydrogen-bond acceptors (Lipinski definition) is 8. The molecule has 0 atom stereocenters. The predicted octanol–water partition coefficient (Wildman–Crippen LogP) is -4.68. The molecule has 0 aromatic rings. The van der Waals surface area contributed by atoms with Gasteiger partial charge < -0.3 is 28.9 Å². The number of carboxylic acids is 2. The van der Waals surface area contributed by atoms with Gasteiger partial charge in [0.25, 0.3) is 0 Å². The Kier molecular flexibility index (Phi) is 12.3. The molecule has 8 nitrogen and oxygen atoms in total. The van der Waals surface area contributed by atoms with Crippen LogP contribution >= 0.6 is 0 Å². The first-order chi connectivity index (χ1) is 5.63. The Hall–Kier alpha value is -0.528. The van der Waals surface area contributed by atoms with E-state index in [1.54, 1.807) is 0 Å². The van der Waals surface area contributed by atoms with Crippen molar-refractivity contribution in [1.82, 2.24) is 0 Å². The minimum atomic E-state index is -5.17.